The molecule has 0 aliphatic carbocycles. The Labute approximate surface area is 116 Å². The van der Waals surface area contributed by atoms with E-state index in [-0.39, 0.29) is 5.91 Å². The molecule has 2 heterocycles. The minimum Gasteiger partial charge on any atom is -0.352 e. The Kier molecular flexibility index (Phi) is 3.75. The smallest absolute Gasteiger partial charge is 0.251 e. The molecule has 1 aromatic heterocycles. The molecule has 1 unspecified atom stereocenters. The summed E-state index contributed by atoms with van der Waals surface area (Å²) in [4.78, 5) is 16.3. The Hall–Kier alpha value is -1.46. The van der Waals surface area contributed by atoms with E-state index in [2.05, 4.69) is 15.6 Å². The lowest BCUT2D eigenvalue weighted by Gasteiger charge is -2.09. The van der Waals surface area contributed by atoms with Crippen LogP contribution in [0, 0.1) is 5.92 Å². The van der Waals surface area contributed by atoms with Gasteiger partial charge in [0.1, 0.15) is 0 Å². The first-order chi connectivity index (χ1) is 9.33. The lowest BCUT2D eigenvalue weighted by atomic mass is 10.1. The maximum Gasteiger partial charge on any atom is 0.251 e. The SMILES string of the molecule is O=C(NCCC1CCNC1)c1ccc2ncsc2c1. The fourth-order valence-corrected chi connectivity index (χ4v) is 3.17. The van der Waals surface area contributed by atoms with Crippen molar-refractivity contribution in [3.63, 3.8) is 0 Å². The van der Waals surface area contributed by atoms with E-state index >= 15 is 0 Å². The third-order valence-electron chi connectivity index (χ3n) is 3.59. The number of nitrogens with one attached hydrogen (secondary N) is 2. The van der Waals surface area contributed by atoms with Gasteiger partial charge in [0.15, 0.2) is 0 Å². The van der Waals surface area contributed by atoms with E-state index in [0.29, 0.717) is 5.92 Å². The van der Waals surface area contributed by atoms with Crippen LogP contribution in [0.3, 0.4) is 0 Å². The summed E-state index contributed by atoms with van der Waals surface area (Å²) >= 11 is 1.56. The summed E-state index contributed by atoms with van der Waals surface area (Å²) in [5.41, 5.74) is 3.49. The highest BCUT2D eigenvalue weighted by molar-refractivity contribution is 7.16. The first kappa shape index (κ1) is 12.6. The fraction of sp³-hybridized carbons (Fsp3) is 0.429. The van der Waals surface area contributed by atoms with Crippen LogP contribution in [0.5, 0.6) is 0 Å². The van der Waals surface area contributed by atoms with Gasteiger partial charge >= 0.3 is 0 Å². The van der Waals surface area contributed by atoms with Gasteiger partial charge in [-0.15, -0.1) is 11.3 Å². The summed E-state index contributed by atoms with van der Waals surface area (Å²) in [5.74, 6) is 0.727. The molecule has 1 aromatic carbocycles. The number of carbonyl (C=O) groups excluding carboxylic acids is 1. The molecule has 1 amide bonds. The molecule has 19 heavy (non-hydrogen) atoms. The van der Waals surface area contributed by atoms with E-state index in [1.807, 2.05) is 18.2 Å². The average Bonchev–Trinajstić information content (AvgIpc) is 3.08. The number of amides is 1. The zero-order chi connectivity index (χ0) is 13.1. The number of hydrogen-bond acceptors (Lipinski definition) is 4. The van der Waals surface area contributed by atoms with Crippen molar-refractivity contribution in [2.75, 3.05) is 19.6 Å². The quantitative estimate of drug-likeness (QED) is 0.897. The van der Waals surface area contributed by atoms with Crippen LogP contribution in [0.1, 0.15) is 23.2 Å². The molecule has 1 aliphatic rings. The van der Waals surface area contributed by atoms with Crippen molar-refractivity contribution in [3.05, 3.63) is 29.3 Å². The Bertz CT molecular complexity index is 575. The molecule has 0 bridgehead atoms. The zero-order valence-electron chi connectivity index (χ0n) is 10.7. The molecule has 0 spiro atoms. The first-order valence-electron chi connectivity index (χ1n) is 6.65. The Morgan fingerprint density at radius 3 is 3.32 bits per heavy atom. The van der Waals surface area contributed by atoms with Gasteiger partial charge in [-0.05, 0) is 50.0 Å². The fourth-order valence-electron chi connectivity index (χ4n) is 2.45. The third kappa shape index (κ3) is 2.93. The first-order valence-corrected chi connectivity index (χ1v) is 7.53. The number of carbonyl (C=O) groups is 1. The molecule has 3 rings (SSSR count). The summed E-state index contributed by atoms with van der Waals surface area (Å²) < 4.78 is 1.06. The van der Waals surface area contributed by atoms with Crippen LogP contribution in [0.4, 0.5) is 0 Å². The third-order valence-corrected chi connectivity index (χ3v) is 4.39. The molecule has 1 atom stereocenters. The van der Waals surface area contributed by atoms with E-state index < -0.39 is 0 Å². The number of hydrogen-bond donors (Lipinski definition) is 2. The van der Waals surface area contributed by atoms with Gasteiger partial charge in [0.05, 0.1) is 15.7 Å². The van der Waals surface area contributed by atoms with Crippen LogP contribution in [0.15, 0.2) is 23.7 Å². The van der Waals surface area contributed by atoms with Crippen molar-refractivity contribution in [2.24, 2.45) is 5.92 Å². The summed E-state index contributed by atoms with van der Waals surface area (Å²) in [5, 5.41) is 6.34. The predicted molar refractivity (Wildman–Crippen MR) is 77.5 cm³/mol. The van der Waals surface area contributed by atoms with Crippen molar-refractivity contribution < 1.29 is 4.79 Å². The molecular weight excluding hydrogens is 258 g/mol. The molecular formula is C14H17N3OS. The van der Waals surface area contributed by atoms with Gasteiger partial charge in [-0.2, -0.15) is 0 Å². The lowest BCUT2D eigenvalue weighted by Crippen LogP contribution is -2.26. The molecule has 1 aliphatic heterocycles. The maximum absolute atomic E-state index is 12.0. The van der Waals surface area contributed by atoms with Crippen molar-refractivity contribution in [1.82, 2.24) is 15.6 Å². The second-order valence-corrected chi connectivity index (χ2v) is 5.82. The van der Waals surface area contributed by atoms with Crippen LogP contribution in [-0.4, -0.2) is 30.5 Å². The number of thiazole rings is 1. The Balaban J connectivity index is 1.56. The van der Waals surface area contributed by atoms with E-state index in [1.54, 1.807) is 16.8 Å². The van der Waals surface area contributed by atoms with Crippen LogP contribution < -0.4 is 10.6 Å². The van der Waals surface area contributed by atoms with Crippen molar-refractivity contribution in [3.8, 4) is 0 Å². The van der Waals surface area contributed by atoms with Gasteiger partial charge in [0.25, 0.3) is 5.91 Å². The van der Waals surface area contributed by atoms with Crippen LogP contribution in [-0.2, 0) is 0 Å². The Morgan fingerprint density at radius 2 is 2.47 bits per heavy atom. The monoisotopic (exact) mass is 275 g/mol. The predicted octanol–water partition coefficient (Wildman–Crippen LogP) is 2.03. The molecule has 4 nitrogen and oxygen atoms in total. The molecule has 1 fully saturated rings. The summed E-state index contributed by atoms with van der Waals surface area (Å²) in [6.45, 7) is 2.95. The second kappa shape index (κ2) is 5.67. The number of aromatic nitrogens is 1. The van der Waals surface area contributed by atoms with Gasteiger partial charge in [-0.1, -0.05) is 0 Å². The summed E-state index contributed by atoms with van der Waals surface area (Å²) in [6.07, 6.45) is 2.28. The molecule has 100 valence electrons. The molecule has 2 aromatic rings. The van der Waals surface area contributed by atoms with Gasteiger partial charge in [0.2, 0.25) is 0 Å². The Morgan fingerprint density at radius 1 is 1.53 bits per heavy atom. The normalized spacial score (nSPS) is 18.8. The van der Waals surface area contributed by atoms with Crippen molar-refractivity contribution >= 4 is 27.5 Å². The van der Waals surface area contributed by atoms with Crippen molar-refractivity contribution in [2.45, 2.75) is 12.8 Å². The largest absolute Gasteiger partial charge is 0.352 e. The summed E-state index contributed by atoms with van der Waals surface area (Å²) in [7, 11) is 0. The minimum absolute atomic E-state index is 0.0151. The van der Waals surface area contributed by atoms with Crippen LogP contribution >= 0.6 is 11.3 Å². The van der Waals surface area contributed by atoms with Crippen molar-refractivity contribution in [1.29, 1.82) is 0 Å². The van der Waals surface area contributed by atoms with E-state index in [0.717, 1.165) is 41.8 Å². The minimum atomic E-state index is 0.0151. The van der Waals surface area contributed by atoms with Crippen LogP contribution in [0.25, 0.3) is 10.2 Å². The average molecular weight is 275 g/mol. The number of nitrogens with zero attached hydrogens (tertiary/aromatic N) is 1. The van der Waals surface area contributed by atoms with Crippen LogP contribution in [0.2, 0.25) is 0 Å². The molecule has 2 N–H and O–H groups in total. The van der Waals surface area contributed by atoms with Gasteiger partial charge in [-0.3, -0.25) is 4.79 Å². The highest BCUT2D eigenvalue weighted by Crippen LogP contribution is 2.19. The summed E-state index contributed by atoms with van der Waals surface area (Å²) in [6, 6.07) is 5.66. The molecule has 5 heteroatoms. The van der Waals surface area contributed by atoms with Gasteiger partial charge in [0, 0.05) is 12.1 Å². The zero-order valence-corrected chi connectivity index (χ0v) is 11.5. The highest BCUT2D eigenvalue weighted by atomic mass is 32.1. The second-order valence-electron chi connectivity index (χ2n) is 4.94. The molecule has 1 saturated heterocycles. The highest BCUT2D eigenvalue weighted by Gasteiger charge is 2.14. The van der Waals surface area contributed by atoms with E-state index in [1.165, 1.54) is 6.42 Å². The number of rotatable bonds is 4. The standard InChI is InChI=1S/C14H17N3OS/c18-14(16-6-4-10-3-5-15-8-10)11-1-2-12-13(7-11)19-9-17-12/h1-2,7,9-10,15H,3-6,8H2,(H,16,18). The van der Waals surface area contributed by atoms with E-state index in [9.17, 15) is 4.79 Å². The number of benzene rings is 1. The maximum atomic E-state index is 12.0. The topological polar surface area (TPSA) is 54.0 Å². The van der Waals surface area contributed by atoms with Gasteiger partial charge in [-0.25, -0.2) is 4.98 Å². The molecule has 0 radical (unpaired) electrons. The lowest BCUT2D eigenvalue weighted by molar-refractivity contribution is 0.0952. The number of fused-ring (bicyclic) bond motifs is 1. The molecule has 0 saturated carbocycles. The van der Waals surface area contributed by atoms with Gasteiger partial charge < -0.3 is 10.6 Å². The van der Waals surface area contributed by atoms with E-state index in [4.69, 9.17) is 0 Å².